The average Bonchev–Trinajstić information content (AvgIpc) is 2.59. The van der Waals surface area contributed by atoms with Gasteiger partial charge in [0, 0.05) is 7.05 Å². The zero-order chi connectivity index (χ0) is 10.1. The number of ether oxygens (including phenoxy) is 1. The lowest BCUT2D eigenvalue weighted by atomic mass is 10.0. The Bertz CT molecular complexity index is 346. The maximum absolute atomic E-state index is 5.33. The fraction of sp³-hybridized carbons (Fsp3) is 0.500. The predicted octanol–water partition coefficient (Wildman–Crippen LogP) is 2.79. The highest BCUT2D eigenvalue weighted by molar-refractivity contribution is 5.66. The maximum atomic E-state index is 5.33. The Morgan fingerprint density at radius 2 is 2.21 bits per heavy atom. The molecule has 76 valence electrons. The fourth-order valence-corrected chi connectivity index (χ4v) is 2.33. The summed E-state index contributed by atoms with van der Waals surface area (Å²) in [5, 5.41) is 3.24. The van der Waals surface area contributed by atoms with Crippen LogP contribution in [0, 0.1) is 0 Å². The van der Waals surface area contributed by atoms with Gasteiger partial charge in [-0.25, -0.2) is 0 Å². The number of fused-ring (bicyclic) bond motifs is 1. The molecule has 1 aliphatic carbocycles. The van der Waals surface area contributed by atoms with Gasteiger partial charge in [0.25, 0.3) is 0 Å². The number of nitrogens with one attached hydrogen (secondary N) is 1. The molecule has 1 unspecified atom stereocenters. The molecular formula is C12H17NO. The molecule has 0 radical (unpaired) electrons. The zero-order valence-electron chi connectivity index (χ0n) is 9.05. The summed E-state index contributed by atoms with van der Waals surface area (Å²) >= 11 is 0. The topological polar surface area (TPSA) is 21.3 Å². The van der Waals surface area contributed by atoms with Gasteiger partial charge in [0.15, 0.2) is 0 Å². The molecule has 0 spiro atoms. The van der Waals surface area contributed by atoms with Gasteiger partial charge < -0.3 is 10.1 Å². The minimum atomic E-state index is 0.697. The van der Waals surface area contributed by atoms with E-state index in [1.165, 1.54) is 29.7 Å². The van der Waals surface area contributed by atoms with Crippen molar-refractivity contribution in [2.24, 2.45) is 0 Å². The third-order valence-corrected chi connectivity index (χ3v) is 3.14. The summed E-state index contributed by atoms with van der Waals surface area (Å²) < 4.78 is 5.33. The first kappa shape index (κ1) is 9.38. The average molecular weight is 191 g/mol. The van der Waals surface area contributed by atoms with E-state index in [1.807, 2.05) is 7.05 Å². The Labute approximate surface area is 85.3 Å². The van der Waals surface area contributed by atoms with Crippen LogP contribution in [-0.4, -0.2) is 14.2 Å². The zero-order valence-corrected chi connectivity index (χ0v) is 9.05. The third kappa shape index (κ3) is 1.26. The quantitative estimate of drug-likeness (QED) is 0.776. The Kier molecular flexibility index (Phi) is 2.36. The van der Waals surface area contributed by atoms with E-state index in [0.717, 1.165) is 5.75 Å². The van der Waals surface area contributed by atoms with Crippen molar-refractivity contribution in [3.8, 4) is 5.75 Å². The van der Waals surface area contributed by atoms with Crippen LogP contribution in [0.3, 0.4) is 0 Å². The van der Waals surface area contributed by atoms with E-state index in [4.69, 9.17) is 4.74 Å². The third-order valence-electron chi connectivity index (χ3n) is 3.14. The number of benzene rings is 1. The summed E-state index contributed by atoms with van der Waals surface area (Å²) in [4.78, 5) is 0. The molecule has 0 aromatic heterocycles. The van der Waals surface area contributed by atoms with E-state index in [-0.39, 0.29) is 0 Å². The Morgan fingerprint density at radius 3 is 2.86 bits per heavy atom. The molecule has 0 fully saturated rings. The Balaban J connectivity index is 2.54. The summed E-state index contributed by atoms with van der Waals surface area (Å²) in [6.45, 7) is 2.29. The molecule has 1 N–H and O–H groups in total. The van der Waals surface area contributed by atoms with Gasteiger partial charge in [-0.2, -0.15) is 0 Å². The van der Waals surface area contributed by atoms with Gasteiger partial charge in [0.1, 0.15) is 5.75 Å². The molecule has 0 bridgehead atoms. The highest BCUT2D eigenvalue weighted by atomic mass is 16.5. The van der Waals surface area contributed by atoms with Crippen LogP contribution in [0.25, 0.3) is 0 Å². The number of hydrogen-bond acceptors (Lipinski definition) is 2. The largest absolute Gasteiger partial charge is 0.495 e. The molecule has 2 rings (SSSR count). The lowest BCUT2D eigenvalue weighted by Gasteiger charge is -2.13. The molecule has 1 aliphatic rings. The first-order valence-electron chi connectivity index (χ1n) is 5.15. The number of methoxy groups -OCH3 is 1. The molecule has 14 heavy (non-hydrogen) atoms. The van der Waals surface area contributed by atoms with Crippen molar-refractivity contribution in [1.29, 1.82) is 0 Å². The maximum Gasteiger partial charge on any atom is 0.142 e. The van der Waals surface area contributed by atoms with Gasteiger partial charge in [-0.15, -0.1) is 0 Å². The SMILES string of the molecule is CNc1c(OC)ccc2c1CCC2C. The minimum absolute atomic E-state index is 0.697. The second-order valence-electron chi connectivity index (χ2n) is 3.90. The van der Waals surface area contributed by atoms with Crippen LogP contribution in [-0.2, 0) is 6.42 Å². The van der Waals surface area contributed by atoms with E-state index in [9.17, 15) is 0 Å². The van der Waals surface area contributed by atoms with Gasteiger partial charge in [0.05, 0.1) is 12.8 Å². The molecular weight excluding hydrogens is 174 g/mol. The molecule has 0 saturated heterocycles. The van der Waals surface area contributed by atoms with Crippen molar-refractivity contribution in [2.75, 3.05) is 19.5 Å². The number of rotatable bonds is 2. The molecule has 0 saturated carbocycles. The van der Waals surface area contributed by atoms with Gasteiger partial charge >= 0.3 is 0 Å². The van der Waals surface area contributed by atoms with Crippen LogP contribution >= 0.6 is 0 Å². The number of hydrogen-bond donors (Lipinski definition) is 1. The van der Waals surface area contributed by atoms with Crippen LogP contribution in [0.4, 0.5) is 5.69 Å². The fourth-order valence-electron chi connectivity index (χ4n) is 2.33. The molecule has 1 atom stereocenters. The van der Waals surface area contributed by atoms with E-state index in [1.54, 1.807) is 7.11 Å². The van der Waals surface area contributed by atoms with E-state index < -0.39 is 0 Å². The van der Waals surface area contributed by atoms with Crippen molar-refractivity contribution in [1.82, 2.24) is 0 Å². The lowest BCUT2D eigenvalue weighted by Crippen LogP contribution is -1.99. The normalized spacial score (nSPS) is 19.2. The van der Waals surface area contributed by atoms with Crippen LogP contribution in [0.15, 0.2) is 12.1 Å². The van der Waals surface area contributed by atoms with Crippen LogP contribution in [0.5, 0.6) is 5.75 Å². The molecule has 1 aromatic rings. The predicted molar refractivity (Wildman–Crippen MR) is 59.3 cm³/mol. The summed E-state index contributed by atoms with van der Waals surface area (Å²) in [6, 6.07) is 4.26. The highest BCUT2D eigenvalue weighted by Gasteiger charge is 2.22. The lowest BCUT2D eigenvalue weighted by molar-refractivity contribution is 0.416. The Morgan fingerprint density at radius 1 is 1.43 bits per heavy atom. The summed E-state index contributed by atoms with van der Waals surface area (Å²) in [5.74, 6) is 1.66. The Hall–Kier alpha value is -1.18. The van der Waals surface area contributed by atoms with Crippen molar-refractivity contribution in [3.63, 3.8) is 0 Å². The molecule has 0 aliphatic heterocycles. The van der Waals surface area contributed by atoms with Gasteiger partial charge in [0.2, 0.25) is 0 Å². The van der Waals surface area contributed by atoms with Gasteiger partial charge in [-0.05, 0) is 36.0 Å². The molecule has 0 heterocycles. The second-order valence-corrected chi connectivity index (χ2v) is 3.90. The van der Waals surface area contributed by atoms with E-state index >= 15 is 0 Å². The molecule has 1 aromatic carbocycles. The van der Waals surface area contributed by atoms with Crippen molar-refractivity contribution >= 4 is 5.69 Å². The summed E-state index contributed by atoms with van der Waals surface area (Å²) in [6.07, 6.45) is 2.43. The van der Waals surface area contributed by atoms with Gasteiger partial charge in [-0.1, -0.05) is 13.0 Å². The smallest absolute Gasteiger partial charge is 0.142 e. The summed E-state index contributed by atoms with van der Waals surface area (Å²) in [7, 11) is 3.68. The van der Waals surface area contributed by atoms with Crippen LogP contribution in [0.1, 0.15) is 30.4 Å². The van der Waals surface area contributed by atoms with Gasteiger partial charge in [-0.3, -0.25) is 0 Å². The molecule has 2 heteroatoms. The van der Waals surface area contributed by atoms with Crippen molar-refractivity contribution < 1.29 is 4.74 Å². The van der Waals surface area contributed by atoms with Crippen LogP contribution in [0.2, 0.25) is 0 Å². The first-order chi connectivity index (χ1) is 6.77. The summed E-state index contributed by atoms with van der Waals surface area (Å²) in [5.41, 5.74) is 4.10. The van der Waals surface area contributed by atoms with Crippen molar-refractivity contribution in [3.05, 3.63) is 23.3 Å². The minimum Gasteiger partial charge on any atom is -0.495 e. The van der Waals surface area contributed by atoms with Crippen LogP contribution < -0.4 is 10.1 Å². The van der Waals surface area contributed by atoms with E-state index in [0.29, 0.717) is 5.92 Å². The number of anilines is 1. The molecule has 2 nitrogen and oxygen atoms in total. The highest BCUT2D eigenvalue weighted by Crippen LogP contribution is 2.41. The standard InChI is InChI=1S/C12H17NO/c1-8-4-5-10-9(8)6-7-11(14-3)12(10)13-2/h6-8,13H,4-5H2,1-3H3. The first-order valence-corrected chi connectivity index (χ1v) is 5.15. The monoisotopic (exact) mass is 191 g/mol. The second kappa shape index (κ2) is 3.52. The van der Waals surface area contributed by atoms with E-state index in [2.05, 4.69) is 24.4 Å². The molecule has 0 amide bonds. The van der Waals surface area contributed by atoms with Crippen molar-refractivity contribution in [2.45, 2.75) is 25.7 Å².